The van der Waals surface area contributed by atoms with Gasteiger partial charge in [0.25, 0.3) is 0 Å². The van der Waals surface area contributed by atoms with Gasteiger partial charge in [0.1, 0.15) is 17.9 Å². The Balaban J connectivity index is 2.33. The summed E-state index contributed by atoms with van der Waals surface area (Å²) in [5.41, 5.74) is 1.36. The van der Waals surface area contributed by atoms with Crippen LogP contribution in [0, 0.1) is 0 Å². The second kappa shape index (κ2) is 9.38. The van der Waals surface area contributed by atoms with Gasteiger partial charge in [-0.2, -0.15) is 0 Å². The van der Waals surface area contributed by atoms with Crippen molar-refractivity contribution >= 4 is 17.5 Å². The molecule has 0 radical (unpaired) electrons. The van der Waals surface area contributed by atoms with E-state index in [0.29, 0.717) is 42.0 Å². The number of allylic oxidation sites excluding steroid dienone is 1. The normalized spacial score (nSPS) is 25.2. The van der Waals surface area contributed by atoms with Crippen molar-refractivity contribution < 1.29 is 24.5 Å². The Morgan fingerprint density at radius 3 is 2.70 bits per heavy atom. The summed E-state index contributed by atoms with van der Waals surface area (Å²) in [6.45, 7) is 5.41. The number of anilines is 1. The molecule has 27 heavy (non-hydrogen) atoms. The second-order valence-electron chi connectivity index (χ2n) is 6.59. The smallest absolute Gasteiger partial charge is 0.246 e. The first-order valence-corrected chi connectivity index (χ1v) is 8.87. The first-order chi connectivity index (χ1) is 12.8. The number of benzene rings is 1. The van der Waals surface area contributed by atoms with Crippen LogP contribution in [-0.4, -0.2) is 47.8 Å². The number of methoxy groups -OCH3 is 1. The average Bonchev–Trinajstić information content (AvgIpc) is 2.64. The van der Waals surface area contributed by atoms with Crippen LogP contribution >= 0.6 is 0 Å². The van der Waals surface area contributed by atoms with Crippen molar-refractivity contribution in [1.82, 2.24) is 10.6 Å². The zero-order valence-electron chi connectivity index (χ0n) is 15.6. The maximum absolute atomic E-state index is 12.5. The van der Waals surface area contributed by atoms with Gasteiger partial charge in [-0.15, -0.1) is 0 Å². The highest BCUT2D eigenvalue weighted by molar-refractivity contribution is 5.97. The molecule has 3 atom stereocenters. The van der Waals surface area contributed by atoms with E-state index in [9.17, 15) is 19.8 Å². The molecule has 5 N–H and O–H groups in total. The maximum Gasteiger partial charge on any atom is 0.246 e. The number of fused-ring (bicyclic) bond motifs is 1. The number of nitrogens with one attached hydrogen (secondary N) is 3. The highest BCUT2D eigenvalue weighted by Crippen LogP contribution is 2.31. The molecule has 0 saturated carbocycles. The number of hydrogen-bond donors (Lipinski definition) is 5. The fourth-order valence-electron chi connectivity index (χ4n) is 2.81. The van der Waals surface area contributed by atoms with Crippen LogP contribution in [0.5, 0.6) is 5.75 Å². The molecule has 1 aliphatic rings. The first-order valence-electron chi connectivity index (χ1n) is 8.87. The number of aliphatic hydroxyl groups excluding tert-OH is 2. The number of amides is 2. The Morgan fingerprint density at radius 1 is 1.26 bits per heavy atom. The van der Waals surface area contributed by atoms with Gasteiger partial charge in [0.2, 0.25) is 11.8 Å². The van der Waals surface area contributed by atoms with Crippen molar-refractivity contribution in [2.24, 2.45) is 0 Å². The van der Waals surface area contributed by atoms with Gasteiger partial charge in [-0.05, 0) is 32.3 Å². The minimum absolute atomic E-state index is 0.00599. The second-order valence-corrected chi connectivity index (χ2v) is 6.59. The Labute approximate surface area is 158 Å². The molecule has 1 aromatic carbocycles. The van der Waals surface area contributed by atoms with E-state index in [1.54, 1.807) is 25.1 Å². The van der Waals surface area contributed by atoms with Crippen molar-refractivity contribution in [3.63, 3.8) is 0 Å². The van der Waals surface area contributed by atoms with Crippen molar-refractivity contribution in [2.45, 2.75) is 44.4 Å². The summed E-state index contributed by atoms with van der Waals surface area (Å²) in [4.78, 5) is 24.4. The Morgan fingerprint density at radius 2 is 2.00 bits per heavy atom. The lowest BCUT2D eigenvalue weighted by Gasteiger charge is -2.22. The molecule has 0 spiro atoms. The van der Waals surface area contributed by atoms with Gasteiger partial charge in [0.15, 0.2) is 0 Å². The summed E-state index contributed by atoms with van der Waals surface area (Å²) < 4.78 is 5.18. The zero-order chi connectivity index (χ0) is 20.0. The minimum atomic E-state index is -1.18. The molecule has 1 heterocycles. The molecule has 2 unspecified atom stereocenters. The summed E-state index contributed by atoms with van der Waals surface area (Å²) in [6, 6.07) is 4.02. The SMILES string of the molecule is C=C1CCCC(O)C(O)c2ccc(OC)cc2NC(=O)[C@@H](C)NC(=O)CN1. The van der Waals surface area contributed by atoms with E-state index in [0.717, 1.165) is 0 Å². The predicted molar refractivity (Wildman–Crippen MR) is 101 cm³/mol. The Bertz CT molecular complexity index is 707. The minimum Gasteiger partial charge on any atom is -0.497 e. The third kappa shape index (κ3) is 5.70. The highest BCUT2D eigenvalue weighted by Gasteiger charge is 2.24. The Kier molecular flexibility index (Phi) is 7.20. The van der Waals surface area contributed by atoms with Crippen molar-refractivity contribution in [3.05, 3.63) is 36.0 Å². The monoisotopic (exact) mass is 377 g/mol. The van der Waals surface area contributed by atoms with Crippen LogP contribution in [0.3, 0.4) is 0 Å². The summed E-state index contributed by atoms with van der Waals surface area (Å²) in [6.07, 6.45) is -0.713. The molecular weight excluding hydrogens is 350 g/mol. The average molecular weight is 377 g/mol. The molecule has 8 nitrogen and oxygen atoms in total. The molecule has 0 fully saturated rings. The van der Waals surface area contributed by atoms with E-state index in [2.05, 4.69) is 22.5 Å². The lowest BCUT2D eigenvalue weighted by atomic mass is 9.98. The number of hydrogen-bond acceptors (Lipinski definition) is 6. The van der Waals surface area contributed by atoms with Crippen LogP contribution in [0.25, 0.3) is 0 Å². The van der Waals surface area contributed by atoms with Crippen LogP contribution < -0.4 is 20.7 Å². The maximum atomic E-state index is 12.5. The van der Waals surface area contributed by atoms with E-state index in [1.165, 1.54) is 7.11 Å². The lowest BCUT2D eigenvalue weighted by molar-refractivity contribution is -0.125. The standard InChI is InChI=1S/C19H27N3O5/c1-11-5-4-6-16(23)18(25)14-8-7-13(27-3)9-15(14)22-19(26)12(2)21-17(24)10-20-11/h7-9,12,16,18,20,23,25H,1,4-6,10H2,2-3H3,(H,21,24)(H,22,26)/t12-,16?,18?/m1/s1. The van der Waals surface area contributed by atoms with Gasteiger partial charge in [-0.25, -0.2) is 0 Å². The molecule has 0 aliphatic carbocycles. The number of aliphatic hydroxyl groups is 2. The van der Waals surface area contributed by atoms with Crippen molar-refractivity contribution in [3.8, 4) is 5.75 Å². The number of ether oxygens (including phenoxy) is 1. The topological polar surface area (TPSA) is 120 Å². The largest absolute Gasteiger partial charge is 0.497 e. The predicted octanol–water partition coefficient (Wildman–Crippen LogP) is 0.820. The summed E-state index contributed by atoms with van der Waals surface area (Å²) in [5.74, 6) is -0.293. The number of rotatable bonds is 1. The summed E-state index contributed by atoms with van der Waals surface area (Å²) >= 11 is 0. The number of carbonyl (C=O) groups excluding carboxylic acids is 2. The molecule has 0 bridgehead atoms. The van der Waals surface area contributed by atoms with E-state index in [4.69, 9.17) is 4.74 Å². The molecule has 1 aromatic rings. The van der Waals surface area contributed by atoms with Gasteiger partial charge in [0.05, 0.1) is 25.4 Å². The van der Waals surface area contributed by atoms with E-state index in [-0.39, 0.29) is 12.5 Å². The fraction of sp³-hybridized carbons (Fsp3) is 0.474. The summed E-state index contributed by atoms with van der Waals surface area (Å²) in [7, 11) is 1.49. The van der Waals surface area contributed by atoms with Crippen molar-refractivity contribution in [1.29, 1.82) is 0 Å². The van der Waals surface area contributed by atoms with E-state index in [1.807, 2.05) is 0 Å². The van der Waals surface area contributed by atoms with Gasteiger partial charge in [0, 0.05) is 17.3 Å². The zero-order valence-corrected chi connectivity index (χ0v) is 15.6. The molecule has 2 rings (SSSR count). The van der Waals surface area contributed by atoms with E-state index >= 15 is 0 Å². The van der Waals surface area contributed by atoms with Crippen molar-refractivity contribution in [2.75, 3.05) is 19.0 Å². The molecule has 1 aliphatic heterocycles. The van der Waals surface area contributed by atoms with Gasteiger partial charge in [-0.1, -0.05) is 12.6 Å². The van der Waals surface area contributed by atoms with Crippen LogP contribution in [0.1, 0.15) is 37.9 Å². The summed E-state index contributed by atoms with van der Waals surface area (Å²) in [5, 5.41) is 29.1. The quantitative estimate of drug-likeness (QED) is 0.494. The van der Waals surface area contributed by atoms with Gasteiger partial charge < -0.3 is 30.9 Å². The van der Waals surface area contributed by atoms with Gasteiger partial charge in [-0.3, -0.25) is 9.59 Å². The highest BCUT2D eigenvalue weighted by atomic mass is 16.5. The third-order valence-corrected chi connectivity index (χ3v) is 4.45. The first kappa shape index (κ1) is 20.7. The van der Waals surface area contributed by atoms with Crippen LogP contribution in [0.2, 0.25) is 0 Å². The Hall–Kier alpha value is -2.58. The van der Waals surface area contributed by atoms with Gasteiger partial charge >= 0.3 is 0 Å². The fourth-order valence-corrected chi connectivity index (χ4v) is 2.81. The molecular formula is C19H27N3O5. The molecule has 8 heteroatoms. The third-order valence-electron chi connectivity index (χ3n) is 4.45. The molecule has 148 valence electrons. The molecule has 0 aromatic heterocycles. The van der Waals surface area contributed by atoms with Crippen LogP contribution in [-0.2, 0) is 9.59 Å². The lowest BCUT2D eigenvalue weighted by Crippen LogP contribution is -2.45. The number of carbonyl (C=O) groups is 2. The van der Waals surface area contributed by atoms with Crippen LogP contribution in [0.15, 0.2) is 30.5 Å². The molecule has 2 amide bonds. The van der Waals surface area contributed by atoms with E-state index < -0.39 is 24.2 Å². The molecule has 0 saturated heterocycles. The van der Waals surface area contributed by atoms with Crippen LogP contribution in [0.4, 0.5) is 5.69 Å².